The largest absolute Gasteiger partial charge is 0.430 e. The van der Waals surface area contributed by atoms with Crippen LogP contribution in [0, 0.1) is 0 Å². The molecule has 0 bridgehead atoms. The topological polar surface area (TPSA) is 71.5 Å². The Morgan fingerprint density at radius 3 is 2.60 bits per heavy atom. The summed E-state index contributed by atoms with van der Waals surface area (Å²) >= 11 is 0. The second-order valence-corrected chi connectivity index (χ2v) is 13.0. The van der Waals surface area contributed by atoms with Crippen LogP contribution >= 0.6 is 0 Å². The Labute approximate surface area is 179 Å². The number of hydrogen-bond donors (Lipinski definition) is 2. The normalized spacial score (nSPS) is 15.7. The third kappa shape index (κ3) is 4.51. The quantitative estimate of drug-likeness (QED) is 0.615. The minimum Gasteiger partial charge on any atom is -0.430 e. The summed E-state index contributed by atoms with van der Waals surface area (Å²) in [6.45, 7) is 5.96. The van der Waals surface area contributed by atoms with Crippen molar-refractivity contribution in [2.24, 2.45) is 5.73 Å². The van der Waals surface area contributed by atoms with Gasteiger partial charge in [-0.3, -0.25) is 4.79 Å². The molecule has 1 aliphatic heterocycles. The molecule has 3 N–H and O–H groups in total. The van der Waals surface area contributed by atoms with Gasteiger partial charge in [-0.25, -0.2) is 0 Å². The van der Waals surface area contributed by atoms with E-state index in [1.165, 1.54) is 5.56 Å². The Balaban J connectivity index is 1.47. The highest BCUT2D eigenvalue weighted by atomic mass is 28.4. The van der Waals surface area contributed by atoms with Crippen LogP contribution < -0.4 is 5.73 Å². The molecule has 158 valence electrons. The molecule has 5 nitrogen and oxygen atoms in total. The highest BCUT2D eigenvalue weighted by Gasteiger charge is 2.25. The summed E-state index contributed by atoms with van der Waals surface area (Å²) in [7, 11) is -2.24. The maximum absolute atomic E-state index is 13.2. The lowest BCUT2D eigenvalue weighted by atomic mass is 9.88. The zero-order chi connectivity index (χ0) is 21.3. The molecular formula is C24H31N3O2Si. The molecule has 4 rings (SSSR count). The highest BCUT2D eigenvalue weighted by Crippen LogP contribution is 2.29. The summed E-state index contributed by atoms with van der Waals surface area (Å²) in [5, 5.41) is 1.10. The fourth-order valence-electron chi connectivity index (χ4n) is 4.44. The summed E-state index contributed by atoms with van der Waals surface area (Å²) in [5.74, 6) is 0.580. The third-order valence-electron chi connectivity index (χ3n) is 6.02. The van der Waals surface area contributed by atoms with Gasteiger partial charge in [0.2, 0.25) is 8.32 Å². The Morgan fingerprint density at radius 1 is 1.13 bits per heavy atom. The number of hydrogen-bond acceptors (Lipinski definition) is 3. The second kappa shape index (κ2) is 8.38. The first-order valence-corrected chi connectivity index (χ1v) is 13.9. The van der Waals surface area contributed by atoms with Gasteiger partial charge in [-0.2, -0.15) is 0 Å². The Hall–Kier alpha value is -2.41. The summed E-state index contributed by atoms with van der Waals surface area (Å²) in [6, 6.07) is 16.5. The van der Waals surface area contributed by atoms with Crippen LogP contribution in [0.3, 0.4) is 0 Å². The summed E-state index contributed by atoms with van der Waals surface area (Å²) < 4.78 is 2.08. The predicted octanol–water partition coefficient (Wildman–Crippen LogP) is 3.86. The van der Waals surface area contributed by atoms with E-state index >= 15 is 0 Å². The molecule has 1 saturated heterocycles. The molecule has 0 aliphatic carbocycles. The predicted molar refractivity (Wildman–Crippen MR) is 124 cm³/mol. The fourth-order valence-corrected chi connectivity index (χ4v) is 5.55. The van der Waals surface area contributed by atoms with E-state index in [4.69, 9.17) is 5.73 Å². The molecule has 0 atom stereocenters. The SMILES string of the molecule is C[Si](C)(O)Cn1ccc2ccc(C(=O)N3CCC(c4cccc(CN)c4)CC3)cc21. The number of likely N-dealkylation sites (tertiary alicyclic amines) is 1. The molecular weight excluding hydrogens is 390 g/mol. The number of carbonyl (C=O) groups is 1. The van der Waals surface area contributed by atoms with Gasteiger partial charge in [0.05, 0.1) is 0 Å². The van der Waals surface area contributed by atoms with Gasteiger partial charge in [-0.15, -0.1) is 0 Å². The third-order valence-corrected chi connectivity index (χ3v) is 7.13. The van der Waals surface area contributed by atoms with E-state index in [0.717, 1.165) is 48.0 Å². The van der Waals surface area contributed by atoms with Gasteiger partial charge >= 0.3 is 0 Å². The fraction of sp³-hybridized carbons (Fsp3) is 0.375. The molecule has 0 radical (unpaired) electrons. The molecule has 2 heterocycles. The first kappa shape index (κ1) is 20.8. The van der Waals surface area contributed by atoms with Gasteiger partial charge in [0, 0.05) is 43.1 Å². The molecule has 0 unspecified atom stereocenters. The first-order valence-electron chi connectivity index (χ1n) is 10.7. The van der Waals surface area contributed by atoms with Crippen molar-refractivity contribution < 1.29 is 9.59 Å². The Morgan fingerprint density at radius 2 is 1.90 bits per heavy atom. The zero-order valence-corrected chi connectivity index (χ0v) is 18.8. The van der Waals surface area contributed by atoms with E-state index < -0.39 is 8.32 Å². The molecule has 2 aromatic carbocycles. The van der Waals surface area contributed by atoms with E-state index in [0.29, 0.717) is 18.6 Å². The number of aromatic nitrogens is 1. The average molecular weight is 422 g/mol. The number of fused-ring (bicyclic) bond motifs is 1. The molecule has 6 heteroatoms. The van der Waals surface area contributed by atoms with E-state index in [1.807, 2.05) is 48.5 Å². The lowest BCUT2D eigenvalue weighted by molar-refractivity contribution is 0.0713. The van der Waals surface area contributed by atoms with Crippen LogP contribution in [0.1, 0.15) is 40.2 Å². The van der Waals surface area contributed by atoms with Crippen molar-refractivity contribution >= 4 is 25.1 Å². The van der Waals surface area contributed by atoms with Gasteiger partial charge < -0.3 is 20.0 Å². The second-order valence-electron chi connectivity index (χ2n) is 9.05. The maximum atomic E-state index is 13.2. The molecule has 0 saturated carbocycles. The van der Waals surface area contributed by atoms with Crippen molar-refractivity contribution in [1.82, 2.24) is 9.47 Å². The molecule has 1 aromatic heterocycles. The number of rotatable bonds is 5. The van der Waals surface area contributed by atoms with E-state index in [9.17, 15) is 9.59 Å². The van der Waals surface area contributed by atoms with Crippen molar-refractivity contribution in [3.63, 3.8) is 0 Å². The molecule has 3 aromatic rings. The van der Waals surface area contributed by atoms with E-state index in [2.05, 4.69) is 28.8 Å². The smallest absolute Gasteiger partial charge is 0.253 e. The first-order chi connectivity index (χ1) is 14.3. The van der Waals surface area contributed by atoms with Crippen LogP contribution in [0.25, 0.3) is 10.9 Å². The van der Waals surface area contributed by atoms with Crippen molar-refractivity contribution in [2.75, 3.05) is 13.1 Å². The van der Waals surface area contributed by atoms with Crippen molar-refractivity contribution in [3.8, 4) is 0 Å². The van der Waals surface area contributed by atoms with Crippen LogP contribution in [-0.2, 0) is 12.7 Å². The lowest BCUT2D eigenvalue weighted by Crippen LogP contribution is -2.38. The minimum atomic E-state index is -2.24. The van der Waals surface area contributed by atoms with Crippen LogP contribution in [0.2, 0.25) is 13.1 Å². The highest BCUT2D eigenvalue weighted by molar-refractivity contribution is 6.68. The number of piperidine rings is 1. The summed E-state index contributed by atoms with van der Waals surface area (Å²) in [5.41, 5.74) is 10.0. The zero-order valence-electron chi connectivity index (χ0n) is 17.8. The van der Waals surface area contributed by atoms with Gasteiger partial charge in [0.25, 0.3) is 5.91 Å². The van der Waals surface area contributed by atoms with E-state index in [1.54, 1.807) is 0 Å². The van der Waals surface area contributed by atoms with Crippen molar-refractivity contribution in [3.05, 3.63) is 71.4 Å². The molecule has 30 heavy (non-hydrogen) atoms. The lowest BCUT2D eigenvalue weighted by Gasteiger charge is -2.32. The van der Waals surface area contributed by atoms with Crippen LogP contribution in [0.5, 0.6) is 0 Å². The molecule has 0 spiro atoms. The Kier molecular flexibility index (Phi) is 5.82. The van der Waals surface area contributed by atoms with Crippen LogP contribution in [0.4, 0.5) is 0 Å². The number of benzene rings is 2. The number of amides is 1. The average Bonchev–Trinajstić information content (AvgIpc) is 3.14. The minimum absolute atomic E-state index is 0.0966. The standard InChI is InChI=1S/C24H31N3O2Si/c1-30(2,29)17-27-13-10-20-6-7-22(15-23(20)27)24(28)26-11-8-19(9-12-26)21-5-3-4-18(14-21)16-25/h3-7,10,13-15,19,29H,8-9,11-12,16-17,25H2,1-2H3. The van der Waals surface area contributed by atoms with Crippen LogP contribution in [-0.4, -0.2) is 41.6 Å². The Bertz CT molecular complexity index is 1050. The molecule has 1 fully saturated rings. The summed E-state index contributed by atoms with van der Waals surface area (Å²) in [6.07, 6.45) is 4.58. The number of carbonyl (C=O) groups excluding carboxylic acids is 1. The molecule has 1 amide bonds. The van der Waals surface area contributed by atoms with Crippen LogP contribution in [0.15, 0.2) is 54.7 Å². The molecule has 1 aliphatic rings. The number of nitrogens with zero attached hydrogens (tertiary/aromatic N) is 2. The van der Waals surface area contributed by atoms with Gasteiger partial charge in [0.1, 0.15) is 0 Å². The monoisotopic (exact) mass is 421 g/mol. The van der Waals surface area contributed by atoms with E-state index in [-0.39, 0.29) is 5.91 Å². The number of nitrogens with two attached hydrogens (primary N) is 1. The summed E-state index contributed by atoms with van der Waals surface area (Å²) in [4.78, 5) is 25.5. The van der Waals surface area contributed by atoms with Gasteiger partial charge in [0.15, 0.2) is 0 Å². The van der Waals surface area contributed by atoms with Crippen molar-refractivity contribution in [1.29, 1.82) is 0 Å². The van der Waals surface area contributed by atoms with Gasteiger partial charge in [-0.1, -0.05) is 30.3 Å². The van der Waals surface area contributed by atoms with Crippen molar-refractivity contribution in [2.45, 2.75) is 44.6 Å². The van der Waals surface area contributed by atoms with Gasteiger partial charge in [-0.05, 0) is 66.6 Å². The maximum Gasteiger partial charge on any atom is 0.253 e.